The van der Waals surface area contributed by atoms with Gasteiger partial charge in [0.15, 0.2) is 0 Å². The summed E-state index contributed by atoms with van der Waals surface area (Å²) < 4.78 is 5.52. The second kappa shape index (κ2) is 10.8. The molecule has 4 nitrogen and oxygen atoms in total. The van der Waals surface area contributed by atoms with Gasteiger partial charge in [-0.15, -0.1) is 0 Å². The molecule has 1 aliphatic carbocycles. The van der Waals surface area contributed by atoms with Gasteiger partial charge in [-0.3, -0.25) is 9.80 Å². The van der Waals surface area contributed by atoms with Crippen molar-refractivity contribution in [2.45, 2.75) is 44.7 Å². The van der Waals surface area contributed by atoms with Gasteiger partial charge < -0.3 is 9.64 Å². The van der Waals surface area contributed by atoms with Crippen molar-refractivity contribution in [2.24, 2.45) is 5.92 Å². The first-order valence-electron chi connectivity index (χ1n) is 12.7. The Hall–Kier alpha value is -1.59. The molecule has 2 saturated heterocycles. The van der Waals surface area contributed by atoms with Gasteiger partial charge >= 0.3 is 0 Å². The van der Waals surface area contributed by atoms with E-state index in [0.29, 0.717) is 0 Å². The minimum Gasteiger partial charge on any atom is -0.496 e. The molecule has 178 valence electrons. The molecule has 3 fully saturated rings. The Morgan fingerprint density at radius 3 is 2.18 bits per heavy atom. The molecule has 0 amide bonds. The molecule has 0 aromatic heterocycles. The Labute approximate surface area is 204 Å². The lowest BCUT2D eigenvalue weighted by Crippen LogP contribution is -2.48. The highest BCUT2D eigenvalue weighted by Crippen LogP contribution is 2.42. The number of piperazine rings is 1. The largest absolute Gasteiger partial charge is 0.496 e. The Bertz CT molecular complexity index is 898. The third kappa shape index (κ3) is 5.92. The monoisotopic (exact) mass is 467 g/mol. The average molecular weight is 468 g/mol. The summed E-state index contributed by atoms with van der Waals surface area (Å²) in [5.41, 5.74) is 4.22. The summed E-state index contributed by atoms with van der Waals surface area (Å²) >= 11 is 6.21. The second-order valence-electron chi connectivity index (χ2n) is 10.3. The number of rotatable bonds is 8. The van der Waals surface area contributed by atoms with Gasteiger partial charge in [0.1, 0.15) is 5.75 Å². The summed E-state index contributed by atoms with van der Waals surface area (Å²) in [5.74, 6) is 2.57. The predicted octanol–water partition coefficient (Wildman–Crippen LogP) is 5.26. The van der Waals surface area contributed by atoms with E-state index in [1.54, 1.807) is 12.7 Å². The number of likely N-dealkylation sites (tertiary alicyclic amines) is 1. The van der Waals surface area contributed by atoms with E-state index in [1.807, 2.05) is 18.2 Å². The van der Waals surface area contributed by atoms with Gasteiger partial charge in [-0.1, -0.05) is 35.9 Å². The van der Waals surface area contributed by atoms with Crippen LogP contribution in [-0.2, 0) is 13.1 Å². The lowest BCUT2D eigenvalue weighted by Gasteiger charge is -2.42. The summed E-state index contributed by atoms with van der Waals surface area (Å²) in [7, 11) is 1.74. The molecule has 2 aliphatic heterocycles. The number of hydrogen-bond acceptors (Lipinski definition) is 4. The molecule has 2 heterocycles. The molecule has 0 radical (unpaired) electrons. The van der Waals surface area contributed by atoms with Crippen LogP contribution in [0.1, 0.15) is 48.3 Å². The third-order valence-electron chi connectivity index (χ3n) is 7.91. The molecular formula is C28H38ClN3O. The molecule has 0 bridgehead atoms. The van der Waals surface area contributed by atoms with E-state index in [1.165, 1.54) is 56.4 Å². The SMILES string of the molecule is COc1ccc(Cl)cc1CN1CCN(CC2CC(c3ccc(CN4CCCC4)cc3)C2)CC1. The van der Waals surface area contributed by atoms with Crippen LogP contribution in [0.15, 0.2) is 42.5 Å². The van der Waals surface area contributed by atoms with Gasteiger partial charge in [-0.05, 0) is 79.9 Å². The molecule has 5 rings (SSSR count). The average Bonchev–Trinajstić information content (AvgIpc) is 3.31. The Balaban J connectivity index is 1.03. The fraction of sp³-hybridized carbons (Fsp3) is 0.571. The van der Waals surface area contributed by atoms with Crippen LogP contribution in [0, 0.1) is 5.92 Å². The van der Waals surface area contributed by atoms with Crippen LogP contribution < -0.4 is 4.74 Å². The lowest BCUT2D eigenvalue weighted by molar-refractivity contribution is 0.0898. The quantitative estimate of drug-likeness (QED) is 0.527. The minimum absolute atomic E-state index is 0.771. The molecule has 3 aliphatic rings. The lowest BCUT2D eigenvalue weighted by atomic mass is 9.71. The smallest absolute Gasteiger partial charge is 0.123 e. The predicted molar refractivity (Wildman–Crippen MR) is 136 cm³/mol. The van der Waals surface area contributed by atoms with Crippen molar-refractivity contribution >= 4 is 11.6 Å². The third-order valence-corrected chi connectivity index (χ3v) is 8.14. The van der Waals surface area contributed by atoms with E-state index in [2.05, 4.69) is 39.0 Å². The van der Waals surface area contributed by atoms with Crippen molar-refractivity contribution in [1.29, 1.82) is 0 Å². The van der Waals surface area contributed by atoms with Crippen molar-refractivity contribution in [3.8, 4) is 5.75 Å². The van der Waals surface area contributed by atoms with Crippen LogP contribution in [0.25, 0.3) is 0 Å². The summed E-state index contributed by atoms with van der Waals surface area (Å²) in [6.07, 6.45) is 5.44. The van der Waals surface area contributed by atoms with Crippen LogP contribution in [0.5, 0.6) is 5.75 Å². The van der Waals surface area contributed by atoms with Crippen molar-refractivity contribution in [3.63, 3.8) is 0 Å². The highest BCUT2D eigenvalue weighted by Gasteiger charge is 2.32. The summed E-state index contributed by atoms with van der Waals surface area (Å²) in [6, 6.07) is 15.5. The van der Waals surface area contributed by atoms with Crippen LogP contribution in [0.4, 0.5) is 0 Å². The fourth-order valence-electron chi connectivity index (χ4n) is 5.86. The first-order valence-corrected chi connectivity index (χ1v) is 13.1. The zero-order valence-electron chi connectivity index (χ0n) is 20.0. The van der Waals surface area contributed by atoms with Crippen molar-refractivity contribution in [3.05, 3.63) is 64.2 Å². The molecular weight excluding hydrogens is 430 g/mol. The molecule has 5 heteroatoms. The number of halogens is 1. The second-order valence-corrected chi connectivity index (χ2v) is 10.7. The van der Waals surface area contributed by atoms with Crippen LogP contribution in [0.2, 0.25) is 5.02 Å². The van der Waals surface area contributed by atoms with Gasteiger partial charge in [-0.25, -0.2) is 0 Å². The van der Waals surface area contributed by atoms with E-state index in [4.69, 9.17) is 16.3 Å². The molecule has 0 N–H and O–H groups in total. The Morgan fingerprint density at radius 1 is 0.818 bits per heavy atom. The normalized spacial score (nSPS) is 24.7. The Morgan fingerprint density at radius 2 is 1.48 bits per heavy atom. The highest BCUT2D eigenvalue weighted by molar-refractivity contribution is 6.30. The summed E-state index contributed by atoms with van der Waals surface area (Å²) in [5, 5.41) is 0.783. The van der Waals surface area contributed by atoms with Crippen molar-refractivity contribution in [2.75, 3.05) is 52.9 Å². The molecule has 0 unspecified atom stereocenters. The first-order chi connectivity index (χ1) is 16.2. The zero-order chi connectivity index (χ0) is 22.6. The standard InChI is InChI=1S/C28H38ClN3O/c1-33-28-9-8-27(29)18-26(28)21-32-14-12-31(13-15-32)20-23-16-25(17-23)24-6-4-22(5-7-24)19-30-10-2-3-11-30/h4-9,18,23,25H,2-3,10-17,19-21H2,1H3. The van der Waals surface area contributed by atoms with E-state index in [0.717, 1.165) is 61.9 Å². The molecule has 0 spiro atoms. The van der Waals surface area contributed by atoms with Crippen molar-refractivity contribution in [1.82, 2.24) is 14.7 Å². The van der Waals surface area contributed by atoms with E-state index < -0.39 is 0 Å². The summed E-state index contributed by atoms with van der Waals surface area (Å²) in [6.45, 7) is 10.4. The maximum Gasteiger partial charge on any atom is 0.123 e. The van der Waals surface area contributed by atoms with E-state index in [9.17, 15) is 0 Å². The van der Waals surface area contributed by atoms with Crippen LogP contribution in [-0.4, -0.2) is 67.6 Å². The molecule has 0 atom stereocenters. The minimum atomic E-state index is 0.771. The summed E-state index contributed by atoms with van der Waals surface area (Å²) in [4.78, 5) is 7.78. The van der Waals surface area contributed by atoms with Gasteiger partial charge in [0, 0.05) is 56.4 Å². The van der Waals surface area contributed by atoms with E-state index in [-0.39, 0.29) is 0 Å². The molecule has 33 heavy (non-hydrogen) atoms. The fourth-order valence-corrected chi connectivity index (χ4v) is 6.05. The van der Waals surface area contributed by atoms with Crippen LogP contribution >= 0.6 is 11.6 Å². The van der Waals surface area contributed by atoms with Crippen LogP contribution in [0.3, 0.4) is 0 Å². The number of hydrogen-bond donors (Lipinski definition) is 0. The number of benzene rings is 2. The van der Waals surface area contributed by atoms with Gasteiger partial charge in [-0.2, -0.15) is 0 Å². The van der Waals surface area contributed by atoms with Gasteiger partial charge in [0.05, 0.1) is 7.11 Å². The maximum absolute atomic E-state index is 6.21. The maximum atomic E-state index is 6.21. The van der Waals surface area contributed by atoms with Gasteiger partial charge in [0.2, 0.25) is 0 Å². The van der Waals surface area contributed by atoms with E-state index >= 15 is 0 Å². The highest BCUT2D eigenvalue weighted by atomic mass is 35.5. The number of methoxy groups -OCH3 is 1. The Kier molecular flexibility index (Phi) is 7.56. The zero-order valence-corrected chi connectivity index (χ0v) is 20.8. The number of ether oxygens (including phenoxy) is 1. The van der Waals surface area contributed by atoms with Gasteiger partial charge in [0.25, 0.3) is 0 Å². The molecule has 2 aromatic carbocycles. The first kappa shape index (κ1) is 23.2. The van der Waals surface area contributed by atoms with Crippen molar-refractivity contribution < 1.29 is 4.74 Å². The molecule has 1 saturated carbocycles. The number of nitrogens with zero attached hydrogens (tertiary/aromatic N) is 3. The topological polar surface area (TPSA) is 19.0 Å². The molecule has 2 aromatic rings.